The Morgan fingerprint density at radius 3 is 2.48 bits per heavy atom. The molecule has 12 nitrogen and oxygen atoms in total. The van der Waals surface area contributed by atoms with Crippen LogP contribution >= 0.6 is 23.2 Å². The fourth-order valence-corrected chi connectivity index (χ4v) is 9.82. The van der Waals surface area contributed by atoms with Gasteiger partial charge < -0.3 is 19.5 Å². The lowest BCUT2D eigenvalue weighted by Crippen LogP contribution is -2.47. The van der Waals surface area contributed by atoms with E-state index >= 15 is 0 Å². The normalized spacial score (nSPS) is 19.9. The fraction of sp³-hybridized carbons (Fsp3) is 0.400. The second kappa shape index (κ2) is 17.9. The van der Waals surface area contributed by atoms with E-state index in [4.69, 9.17) is 32.7 Å². The predicted octanol–water partition coefficient (Wildman–Crippen LogP) is 9.03. The van der Waals surface area contributed by atoms with Crippen molar-refractivity contribution in [3.8, 4) is 17.4 Å². The van der Waals surface area contributed by atoms with E-state index in [1.165, 1.54) is 47.2 Å². The first kappa shape index (κ1) is 42.9. The molecule has 322 valence electrons. The lowest BCUT2D eigenvalue weighted by atomic mass is 9.72. The molecule has 0 spiro atoms. The number of fused-ring (bicyclic) bond motifs is 1. The summed E-state index contributed by atoms with van der Waals surface area (Å²) in [5, 5.41) is 17.4. The third-order valence-corrected chi connectivity index (χ3v) is 13.9. The molecule has 0 bridgehead atoms. The second-order valence-electron chi connectivity index (χ2n) is 17.1. The number of H-pyrrole nitrogens is 1. The van der Waals surface area contributed by atoms with Gasteiger partial charge in [-0.25, -0.2) is 22.5 Å². The molecular weight excluding hydrogens is 843 g/mol. The summed E-state index contributed by atoms with van der Waals surface area (Å²) in [7, 11) is -4.46. The van der Waals surface area contributed by atoms with Crippen molar-refractivity contribution in [3.63, 3.8) is 0 Å². The highest BCUT2D eigenvalue weighted by Crippen LogP contribution is 2.44. The Bertz CT molecular complexity index is 2550. The average Bonchev–Trinajstić information content (AvgIpc) is 3.75. The Balaban J connectivity index is 0.997. The summed E-state index contributed by atoms with van der Waals surface area (Å²) in [4.78, 5) is 22.4. The summed E-state index contributed by atoms with van der Waals surface area (Å²) in [6.45, 7) is 8.87. The number of aliphatic hydroxyl groups excluding tert-OH is 1. The number of carbonyl (C=O) groups excluding carboxylic acids is 1. The first-order chi connectivity index (χ1) is 29.2. The number of benzene rings is 3. The molecule has 2 aromatic heterocycles. The van der Waals surface area contributed by atoms with Crippen molar-refractivity contribution in [2.24, 2.45) is 11.3 Å². The van der Waals surface area contributed by atoms with E-state index in [0.717, 1.165) is 68.6 Å². The molecule has 3 N–H and O–H groups in total. The van der Waals surface area contributed by atoms with Crippen LogP contribution in [0.3, 0.4) is 0 Å². The van der Waals surface area contributed by atoms with Gasteiger partial charge in [0.2, 0.25) is 5.88 Å². The van der Waals surface area contributed by atoms with Crippen LogP contribution < -0.4 is 19.1 Å². The van der Waals surface area contributed by atoms with Crippen molar-refractivity contribution in [2.75, 3.05) is 44.2 Å². The summed E-state index contributed by atoms with van der Waals surface area (Å²) in [6.07, 6.45) is 8.38. The number of rotatable bonds is 12. The lowest BCUT2D eigenvalue weighted by Gasteiger charge is -2.39. The van der Waals surface area contributed by atoms with Gasteiger partial charge in [0.05, 0.1) is 36.1 Å². The van der Waals surface area contributed by atoms with Crippen LogP contribution in [-0.2, 0) is 10.0 Å². The van der Waals surface area contributed by atoms with Crippen molar-refractivity contribution < 1.29 is 32.2 Å². The van der Waals surface area contributed by atoms with Crippen LogP contribution in [0.1, 0.15) is 74.7 Å². The summed E-state index contributed by atoms with van der Waals surface area (Å²) in [6, 6.07) is 17.0. The molecule has 61 heavy (non-hydrogen) atoms. The van der Waals surface area contributed by atoms with Gasteiger partial charge in [-0.15, -0.1) is 0 Å². The Kier molecular flexibility index (Phi) is 12.6. The summed E-state index contributed by atoms with van der Waals surface area (Å²) in [5.74, 6) is -0.884. The number of amides is 1. The molecule has 0 unspecified atom stereocenters. The van der Waals surface area contributed by atoms with E-state index in [1.807, 2.05) is 12.1 Å². The number of pyridine rings is 1. The molecule has 1 amide bonds. The minimum atomic E-state index is -4.46. The number of piperazine rings is 1. The highest BCUT2D eigenvalue weighted by molar-refractivity contribution is 7.90. The smallest absolute Gasteiger partial charge is 0.268 e. The van der Waals surface area contributed by atoms with Crippen molar-refractivity contribution in [2.45, 2.75) is 69.8 Å². The number of halogens is 3. The molecule has 8 rings (SSSR count). The molecule has 3 aromatic carbocycles. The maximum Gasteiger partial charge on any atom is 0.268 e. The Labute approximate surface area is 365 Å². The lowest BCUT2D eigenvalue weighted by molar-refractivity contribution is 0.0908. The minimum absolute atomic E-state index is 0.0264. The van der Waals surface area contributed by atoms with Crippen LogP contribution in [-0.4, -0.2) is 84.9 Å². The maximum absolute atomic E-state index is 14.6. The largest absolute Gasteiger partial charge is 0.476 e. The number of aromatic amines is 1. The van der Waals surface area contributed by atoms with Crippen molar-refractivity contribution >= 4 is 61.3 Å². The van der Waals surface area contributed by atoms with Crippen molar-refractivity contribution in [3.05, 3.63) is 106 Å². The maximum atomic E-state index is 14.6. The third kappa shape index (κ3) is 9.99. The molecule has 1 saturated carbocycles. The van der Waals surface area contributed by atoms with Crippen molar-refractivity contribution in [1.82, 2.24) is 24.8 Å². The van der Waals surface area contributed by atoms with Gasteiger partial charge in [-0.3, -0.25) is 14.8 Å². The van der Waals surface area contributed by atoms with Gasteiger partial charge in [-0.1, -0.05) is 54.8 Å². The number of carbonyl (C=O) groups is 1. The molecule has 3 aliphatic rings. The van der Waals surface area contributed by atoms with E-state index in [2.05, 4.69) is 55.7 Å². The number of aliphatic hydroxyl groups is 1. The van der Waals surface area contributed by atoms with Gasteiger partial charge in [0.25, 0.3) is 15.9 Å². The highest BCUT2D eigenvalue weighted by atomic mass is 35.5. The summed E-state index contributed by atoms with van der Waals surface area (Å²) < 4.78 is 56.1. The number of aromatic nitrogens is 3. The molecule has 0 radical (unpaired) electrons. The quantitative estimate of drug-likeness (QED) is 0.111. The standard InChI is InChI=1S/C45H49Cl2FN6O6S/c1-45(2)16-15-30(36(23-45)29-5-7-31(46)8-6-29)26-53-17-19-54(20-18-53)32-9-12-35(41(21-32)60-40-14-13-39(48)42-37(40)25-50-51-42)43(56)52-61(57,58)34-22-38(47)44(49-24-34)59-27-28-3-10-33(55)11-4-28/h5-9,12-14,21-22,24-25,28,33,55H,3-4,10-11,15-20,23,26-27H2,1-2H3,(H,50,51)(H,52,56)/t28-,33-. The number of sulfonamides is 1. The molecule has 1 aliphatic heterocycles. The molecule has 16 heteroatoms. The topological polar surface area (TPSA) is 150 Å². The summed E-state index contributed by atoms with van der Waals surface area (Å²) >= 11 is 12.7. The van der Waals surface area contributed by atoms with Crippen LogP contribution in [0.4, 0.5) is 10.1 Å². The van der Waals surface area contributed by atoms with Crippen LogP contribution in [0.25, 0.3) is 16.5 Å². The zero-order valence-electron chi connectivity index (χ0n) is 34.1. The Morgan fingerprint density at radius 2 is 1.74 bits per heavy atom. The highest BCUT2D eigenvalue weighted by Gasteiger charge is 2.30. The third-order valence-electron chi connectivity index (χ3n) is 12.1. The van der Waals surface area contributed by atoms with E-state index in [0.29, 0.717) is 37.9 Å². The SMILES string of the molecule is CC1(C)CCC(CN2CCN(c3ccc(C(=O)NS(=O)(=O)c4cnc(OC[C@H]5CC[C@H](O)CC5)c(Cl)c4)c(Oc4ccc(F)c5[nH]ncc45)c3)CC2)=C(c2ccc(Cl)cc2)C1. The van der Waals surface area contributed by atoms with E-state index in [-0.39, 0.29) is 55.8 Å². The van der Waals surface area contributed by atoms with Crippen LogP contribution in [0, 0.1) is 17.2 Å². The number of allylic oxidation sites excluding steroid dienone is 1. The number of anilines is 1. The molecule has 5 aromatic rings. The van der Waals surface area contributed by atoms with Gasteiger partial charge >= 0.3 is 0 Å². The number of hydrogen-bond acceptors (Lipinski definition) is 10. The van der Waals surface area contributed by atoms with E-state index in [1.54, 1.807) is 12.1 Å². The van der Waals surface area contributed by atoms with Gasteiger partial charge in [0, 0.05) is 49.5 Å². The van der Waals surface area contributed by atoms with Gasteiger partial charge in [0.1, 0.15) is 32.8 Å². The van der Waals surface area contributed by atoms with E-state index < -0.39 is 21.7 Å². The number of hydrogen-bond donors (Lipinski definition) is 3. The minimum Gasteiger partial charge on any atom is -0.476 e. The van der Waals surface area contributed by atoms with Crippen LogP contribution in [0.5, 0.6) is 17.4 Å². The first-order valence-electron chi connectivity index (χ1n) is 20.6. The molecular formula is C45H49Cl2FN6O6S. The Hall–Kier alpha value is -4.73. The molecule has 3 heterocycles. The van der Waals surface area contributed by atoms with Crippen LogP contribution in [0.15, 0.2) is 83.5 Å². The van der Waals surface area contributed by atoms with Gasteiger partial charge in [-0.05, 0) is 110 Å². The van der Waals surface area contributed by atoms with Gasteiger partial charge in [-0.2, -0.15) is 5.10 Å². The molecule has 0 atom stereocenters. The zero-order valence-corrected chi connectivity index (χ0v) is 36.4. The number of nitrogens with one attached hydrogen (secondary N) is 2. The average molecular weight is 892 g/mol. The Morgan fingerprint density at radius 1 is 0.984 bits per heavy atom. The second-order valence-corrected chi connectivity index (χ2v) is 19.6. The summed E-state index contributed by atoms with van der Waals surface area (Å²) in [5.41, 5.74) is 5.14. The molecule has 2 aliphatic carbocycles. The van der Waals surface area contributed by atoms with Crippen LogP contribution in [0.2, 0.25) is 10.0 Å². The first-order valence-corrected chi connectivity index (χ1v) is 22.9. The monoisotopic (exact) mass is 890 g/mol. The number of ether oxygens (including phenoxy) is 2. The molecule has 2 fully saturated rings. The van der Waals surface area contributed by atoms with E-state index in [9.17, 15) is 22.7 Å². The zero-order chi connectivity index (χ0) is 42.9. The van der Waals surface area contributed by atoms with Crippen molar-refractivity contribution in [1.29, 1.82) is 0 Å². The number of nitrogens with zero attached hydrogens (tertiary/aromatic N) is 4. The fourth-order valence-electron chi connectivity index (χ4n) is 8.47. The molecule has 1 saturated heterocycles. The predicted molar refractivity (Wildman–Crippen MR) is 235 cm³/mol. The van der Waals surface area contributed by atoms with Gasteiger partial charge in [0.15, 0.2) is 0 Å².